The molecule has 86 valence electrons. The summed E-state index contributed by atoms with van der Waals surface area (Å²) < 4.78 is 1.89. The summed E-state index contributed by atoms with van der Waals surface area (Å²) >= 11 is 1.69. The lowest BCUT2D eigenvalue weighted by Crippen LogP contribution is -2.29. The third-order valence-electron chi connectivity index (χ3n) is 2.62. The highest BCUT2D eigenvalue weighted by Gasteiger charge is 2.17. The van der Waals surface area contributed by atoms with Gasteiger partial charge in [-0.25, -0.2) is 5.43 Å². The van der Waals surface area contributed by atoms with Crippen molar-refractivity contribution in [3.63, 3.8) is 0 Å². The molecule has 1 unspecified atom stereocenters. The smallest absolute Gasteiger partial charge is 0.0969 e. The minimum absolute atomic E-state index is 0.0257. The molecule has 0 aliphatic carbocycles. The molecule has 5 heteroatoms. The van der Waals surface area contributed by atoms with E-state index in [9.17, 15) is 0 Å². The molecule has 4 nitrogen and oxygen atoms in total. The molecule has 2 aromatic rings. The zero-order valence-electron chi connectivity index (χ0n) is 9.47. The lowest BCUT2D eigenvalue weighted by atomic mass is 10.1. The summed E-state index contributed by atoms with van der Waals surface area (Å²) in [6.45, 7) is 2.10. The molecule has 0 fully saturated rings. The van der Waals surface area contributed by atoms with Crippen molar-refractivity contribution in [2.45, 2.75) is 19.4 Å². The van der Waals surface area contributed by atoms with E-state index < -0.39 is 0 Å². The molecule has 0 spiro atoms. The summed E-state index contributed by atoms with van der Waals surface area (Å²) in [4.78, 5) is 1.20. The van der Waals surface area contributed by atoms with Crippen molar-refractivity contribution >= 4 is 11.3 Å². The zero-order chi connectivity index (χ0) is 11.5. The van der Waals surface area contributed by atoms with E-state index in [1.54, 1.807) is 11.3 Å². The van der Waals surface area contributed by atoms with Crippen molar-refractivity contribution in [3.8, 4) is 0 Å². The van der Waals surface area contributed by atoms with Crippen molar-refractivity contribution in [1.29, 1.82) is 0 Å². The number of rotatable bonds is 4. The Labute approximate surface area is 99.1 Å². The van der Waals surface area contributed by atoms with E-state index in [-0.39, 0.29) is 6.04 Å². The highest BCUT2D eigenvalue weighted by molar-refractivity contribution is 7.10. The molecule has 0 aromatic carbocycles. The lowest BCUT2D eigenvalue weighted by Gasteiger charge is -2.14. The summed E-state index contributed by atoms with van der Waals surface area (Å²) in [6, 6.07) is 6.23. The average molecular weight is 236 g/mol. The van der Waals surface area contributed by atoms with Gasteiger partial charge in [-0.2, -0.15) is 5.10 Å². The van der Waals surface area contributed by atoms with Crippen LogP contribution in [0.2, 0.25) is 0 Å². The van der Waals surface area contributed by atoms with E-state index in [1.165, 1.54) is 4.88 Å². The van der Waals surface area contributed by atoms with Gasteiger partial charge in [0.2, 0.25) is 0 Å². The molecule has 2 aromatic heterocycles. The SMILES string of the molecule is CCc1cc(C(NN)c2cccs2)n(C)n1. The van der Waals surface area contributed by atoms with E-state index in [1.807, 2.05) is 17.8 Å². The number of hydrogen-bond donors (Lipinski definition) is 2. The van der Waals surface area contributed by atoms with E-state index in [2.05, 4.69) is 35.0 Å². The van der Waals surface area contributed by atoms with Crippen molar-refractivity contribution in [1.82, 2.24) is 15.2 Å². The van der Waals surface area contributed by atoms with Crippen LogP contribution in [0.25, 0.3) is 0 Å². The van der Waals surface area contributed by atoms with Gasteiger partial charge in [0, 0.05) is 11.9 Å². The average Bonchev–Trinajstić information content (AvgIpc) is 2.91. The standard InChI is InChI=1S/C11H16N4S/c1-3-8-7-9(15(2)14-8)11(13-12)10-5-4-6-16-10/h4-7,11,13H,3,12H2,1-2H3. The minimum atomic E-state index is 0.0257. The molecule has 0 saturated carbocycles. The Hall–Kier alpha value is -1.17. The molecule has 0 amide bonds. The molecule has 0 aliphatic rings. The van der Waals surface area contributed by atoms with E-state index in [0.29, 0.717) is 0 Å². The second-order valence-electron chi connectivity index (χ2n) is 3.65. The molecule has 3 N–H and O–H groups in total. The Morgan fingerprint density at radius 1 is 1.62 bits per heavy atom. The Morgan fingerprint density at radius 2 is 2.44 bits per heavy atom. The number of thiophene rings is 1. The van der Waals surface area contributed by atoms with Gasteiger partial charge in [-0.3, -0.25) is 10.5 Å². The van der Waals surface area contributed by atoms with Crippen LogP contribution >= 0.6 is 11.3 Å². The van der Waals surface area contributed by atoms with E-state index >= 15 is 0 Å². The summed E-state index contributed by atoms with van der Waals surface area (Å²) in [5.74, 6) is 5.63. The number of nitrogens with zero attached hydrogens (tertiary/aromatic N) is 2. The number of aryl methyl sites for hydroxylation is 2. The van der Waals surface area contributed by atoms with Gasteiger partial charge in [0.1, 0.15) is 0 Å². The van der Waals surface area contributed by atoms with Gasteiger partial charge in [0.15, 0.2) is 0 Å². The molecule has 2 heterocycles. The van der Waals surface area contributed by atoms with Crippen LogP contribution < -0.4 is 11.3 Å². The van der Waals surface area contributed by atoms with Gasteiger partial charge in [-0.15, -0.1) is 11.3 Å². The number of nitrogens with one attached hydrogen (secondary N) is 1. The molecular weight excluding hydrogens is 220 g/mol. The summed E-state index contributed by atoms with van der Waals surface area (Å²) in [5, 5.41) is 6.49. The van der Waals surface area contributed by atoms with Crippen LogP contribution in [0, 0.1) is 0 Å². The third-order valence-corrected chi connectivity index (χ3v) is 3.56. The number of nitrogens with two attached hydrogens (primary N) is 1. The fourth-order valence-electron chi connectivity index (χ4n) is 1.76. The fourth-order valence-corrected chi connectivity index (χ4v) is 2.55. The predicted octanol–water partition coefficient (Wildman–Crippen LogP) is 1.60. The predicted molar refractivity (Wildman–Crippen MR) is 66.1 cm³/mol. The summed E-state index contributed by atoms with van der Waals surface area (Å²) in [7, 11) is 1.95. The van der Waals surface area contributed by atoms with Crippen LogP contribution in [-0.4, -0.2) is 9.78 Å². The molecule has 0 saturated heterocycles. The largest absolute Gasteiger partial charge is 0.270 e. The van der Waals surface area contributed by atoms with Crippen LogP contribution in [0.5, 0.6) is 0 Å². The molecule has 2 rings (SSSR count). The van der Waals surface area contributed by atoms with E-state index in [4.69, 9.17) is 5.84 Å². The maximum Gasteiger partial charge on any atom is 0.0969 e. The Bertz CT molecular complexity index is 447. The van der Waals surface area contributed by atoms with Crippen LogP contribution in [0.15, 0.2) is 23.6 Å². The van der Waals surface area contributed by atoms with Crippen LogP contribution in [0.3, 0.4) is 0 Å². The molecule has 0 aliphatic heterocycles. The second-order valence-corrected chi connectivity index (χ2v) is 4.63. The second kappa shape index (κ2) is 4.78. The lowest BCUT2D eigenvalue weighted by molar-refractivity contribution is 0.580. The van der Waals surface area contributed by atoms with Gasteiger partial charge in [-0.1, -0.05) is 13.0 Å². The van der Waals surface area contributed by atoms with Crippen molar-refractivity contribution < 1.29 is 0 Å². The molecule has 1 atom stereocenters. The normalized spacial score (nSPS) is 12.9. The Balaban J connectivity index is 2.37. The van der Waals surface area contributed by atoms with Crippen LogP contribution in [0.4, 0.5) is 0 Å². The first-order chi connectivity index (χ1) is 7.76. The number of hydrogen-bond acceptors (Lipinski definition) is 4. The first-order valence-corrected chi connectivity index (χ1v) is 6.16. The Morgan fingerprint density at radius 3 is 2.94 bits per heavy atom. The highest BCUT2D eigenvalue weighted by atomic mass is 32.1. The third kappa shape index (κ3) is 2.02. The topological polar surface area (TPSA) is 55.9 Å². The van der Waals surface area contributed by atoms with Crippen LogP contribution in [-0.2, 0) is 13.5 Å². The van der Waals surface area contributed by atoms with E-state index in [0.717, 1.165) is 17.8 Å². The first kappa shape index (κ1) is 11.3. The first-order valence-electron chi connectivity index (χ1n) is 5.28. The van der Waals surface area contributed by atoms with Crippen molar-refractivity contribution in [2.75, 3.05) is 0 Å². The monoisotopic (exact) mass is 236 g/mol. The van der Waals surface area contributed by atoms with Crippen molar-refractivity contribution in [3.05, 3.63) is 39.8 Å². The van der Waals surface area contributed by atoms with Gasteiger partial charge in [0.05, 0.1) is 17.4 Å². The van der Waals surface area contributed by atoms with Gasteiger partial charge in [-0.05, 0) is 23.9 Å². The number of aromatic nitrogens is 2. The minimum Gasteiger partial charge on any atom is -0.270 e. The maximum atomic E-state index is 5.63. The van der Waals surface area contributed by atoms with Gasteiger partial charge in [0.25, 0.3) is 0 Å². The maximum absolute atomic E-state index is 5.63. The molecule has 0 bridgehead atoms. The quantitative estimate of drug-likeness (QED) is 0.626. The summed E-state index contributed by atoms with van der Waals surface area (Å²) in [5.41, 5.74) is 5.04. The molecule has 16 heavy (non-hydrogen) atoms. The van der Waals surface area contributed by atoms with Crippen molar-refractivity contribution in [2.24, 2.45) is 12.9 Å². The Kier molecular flexibility index (Phi) is 3.38. The fraction of sp³-hybridized carbons (Fsp3) is 0.364. The highest BCUT2D eigenvalue weighted by Crippen LogP contribution is 2.25. The molecule has 0 radical (unpaired) electrons. The number of hydrazine groups is 1. The van der Waals surface area contributed by atoms with Crippen LogP contribution in [0.1, 0.15) is 29.2 Å². The zero-order valence-corrected chi connectivity index (χ0v) is 10.3. The van der Waals surface area contributed by atoms with Gasteiger partial charge >= 0.3 is 0 Å². The van der Waals surface area contributed by atoms with Gasteiger partial charge < -0.3 is 0 Å². The summed E-state index contributed by atoms with van der Waals surface area (Å²) in [6.07, 6.45) is 0.940. The molecular formula is C11H16N4S.